The van der Waals surface area contributed by atoms with Crippen molar-refractivity contribution in [2.75, 3.05) is 0 Å². The van der Waals surface area contributed by atoms with Crippen LogP contribution in [0.5, 0.6) is 0 Å². The van der Waals surface area contributed by atoms with Crippen molar-refractivity contribution in [3.63, 3.8) is 0 Å². The second-order valence-electron chi connectivity index (χ2n) is 5.00. The van der Waals surface area contributed by atoms with Crippen LogP contribution >= 0.6 is 0 Å². The Balaban J connectivity index is 4.27. The molecule has 0 unspecified atom stereocenters. The van der Waals surface area contributed by atoms with Gasteiger partial charge in [-0.15, -0.1) is 11.1 Å². The molecule has 0 aromatic rings. The molecule has 66 valence electrons. The highest BCUT2D eigenvalue weighted by Gasteiger charge is 2.08. The Kier molecular flexibility index (Phi) is 3.83. The zero-order chi connectivity index (χ0) is 9.83. The van der Waals surface area contributed by atoms with Gasteiger partial charge in [-0.3, -0.25) is 0 Å². The van der Waals surface area contributed by atoms with Gasteiger partial charge in [0.15, 0.2) is 0 Å². The van der Waals surface area contributed by atoms with Gasteiger partial charge >= 0.3 is 0 Å². The molecule has 0 radical (unpaired) electrons. The third-order valence-corrected chi connectivity index (χ3v) is 2.69. The van der Waals surface area contributed by atoms with Gasteiger partial charge in [0.1, 0.15) is 16.1 Å². The second kappa shape index (κ2) is 3.98. The monoisotopic (exact) mass is 194 g/mol. The summed E-state index contributed by atoms with van der Waals surface area (Å²) in [6, 6.07) is 0. The number of rotatable bonds is 0. The minimum Gasteiger partial charge on any atom is -0.118 e. The minimum atomic E-state index is -1.20. The molecule has 0 amide bonds. The Morgan fingerprint density at radius 3 is 1.00 bits per heavy atom. The first-order valence-corrected chi connectivity index (χ1v) is 11.2. The fraction of sp³-hybridized carbons (Fsp3) is 0.600. The summed E-state index contributed by atoms with van der Waals surface area (Å²) in [5, 5.41) is 0. The first-order valence-electron chi connectivity index (χ1n) is 4.25. The molecule has 0 spiro atoms. The molecular formula is C10H18Si2. The maximum atomic E-state index is 3.23. The number of hydrogen-bond acceptors (Lipinski definition) is 0. The normalized spacial score (nSPS) is 10.8. The summed E-state index contributed by atoms with van der Waals surface area (Å²) in [4.78, 5) is 0. The van der Waals surface area contributed by atoms with Crippen LogP contribution in [-0.4, -0.2) is 16.1 Å². The standard InChI is InChI=1S/C10H18Si2/c1-11(2,3)9-7-8-10-12(4,5)6/h1-6H3. The Labute approximate surface area is 78.8 Å². The lowest BCUT2D eigenvalue weighted by atomic mass is 10.7. The average Bonchev–Trinajstić information content (AvgIpc) is 1.76. The molecule has 0 nitrogen and oxygen atoms in total. The van der Waals surface area contributed by atoms with E-state index in [1.807, 2.05) is 0 Å². The van der Waals surface area contributed by atoms with E-state index in [4.69, 9.17) is 0 Å². The summed E-state index contributed by atoms with van der Waals surface area (Å²) in [6.07, 6.45) is 0. The van der Waals surface area contributed by atoms with Crippen molar-refractivity contribution in [2.24, 2.45) is 0 Å². The van der Waals surface area contributed by atoms with Gasteiger partial charge in [-0.05, 0) is 11.8 Å². The predicted octanol–water partition coefficient (Wildman–Crippen LogP) is 2.75. The Morgan fingerprint density at radius 1 is 0.583 bits per heavy atom. The van der Waals surface area contributed by atoms with E-state index in [0.717, 1.165) is 0 Å². The van der Waals surface area contributed by atoms with Gasteiger partial charge in [-0.25, -0.2) is 0 Å². The average molecular weight is 194 g/mol. The smallest absolute Gasteiger partial charge is 0.118 e. The molecular weight excluding hydrogens is 176 g/mol. The summed E-state index contributed by atoms with van der Waals surface area (Å²) in [5.41, 5.74) is 6.46. The summed E-state index contributed by atoms with van der Waals surface area (Å²) >= 11 is 0. The zero-order valence-electron chi connectivity index (χ0n) is 9.00. The third-order valence-electron chi connectivity index (χ3n) is 0.938. The van der Waals surface area contributed by atoms with Crippen molar-refractivity contribution in [1.29, 1.82) is 0 Å². The molecule has 0 rings (SSSR count). The molecule has 0 atom stereocenters. The lowest BCUT2D eigenvalue weighted by molar-refractivity contribution is 1.81. The molecule has 0 aromatic heterocycles. The van der Waals surface area contributed by atoms with Crippen LogP contribution in [-0.2, 0) is 0 Å². The highest BCUT2D eigenvalue weighted by Crippen LogP contribution is 1.97. The highest BCUT2D eigenvalue weighted by atomic mass is 28.3. The molecule has 12 heavy (non-hydrogen) atoms. The Bertz CT molecular complexity index is 225. The number of hydrogen-bond donors (Lipinski definition) is 0. The van der Waals surface area contributed by atoms with Crippen LogP contribution in [0, 0.1) is 22.9 Å². The minimum absolute atomic E-state index is 1.20. The van der Waals surface area contributed by atoms with E-state index in [1.165, 1.54) is 0 Å². The van der Waals surface area contributed by atoms with Crippen LogP contribution in [0.3, 0.4) is 0 Å². The summed E-state index contributed by atoms with van der Waals surface area (Å²) in [6.45, 7) is 13.4. The topological polar surface area (TPSA) is 0 Å². The summed E-state index contributed by atoms with van der Waals surface area (Å²) in [7, 11) is -2.40. The quantitative estimate of drug-likeness (QED) is 0.411. The molecule has 0 aliphatic rings. The first kappa shape index (κ1) is 11.6. The SMILES string of the molecule is C[Si](C)(C)C#CC#C[Si](C)(C)C. The maximum Gasteiger partial charge on any atom is 0.130 e. The van der Waals surface area contributed by atoms with Gasteiger partial charge in [0.05, 0.1) is 0 Å². The van der Waals surface area contributed by atoms with Gasteiger partial charge in [0.25, 0.3) is 0 Å². The summed E-state index contributed by atoms with van der Waals surface area (Å²) < 4.78 is 0. The predicted molar refractivity (Wildman–Crippen MR) is 62.2 cm³/mol. The van der Waals surface area contributed by atoms with Crippen molar-refractivity contribution in [3.8, 4) is 22.9 Å². The van der Waals surface area contributed by atoms with Gasteiger partial charge in [-0.1, -0.05) is 39.3 Å². The molecule has 0 bridgehead atoms. The Hall–Kier alpha value is -0.446. The van der Waals surface area contributed by atoms with E-state index in [2.05, 4.69) is 62.2 Å². The van der Waals surface area contributed by atoms with Gasteiger partial charge in [-0.2, -0.15) is 0 Å². The van der Waals surface area contributed by atoms with Crippen molar-refractivity contribution >= 4 is 16.1 Å². The molecule has 0 saturated heterocycles. The van der Waals surface area contributed by atoms with E-state index >= 15 is 0 Å². The van der Waals surface area contributed by atoms with Crippen LogP contribution in [0.1, 0.15) is 0 Å². The van der Waals surface area contributed by atoms with Crippen molar-refractivity contribution in [1.82, 2.24) is 0 Å². The Morgan fingerprint density at radius 2 is 0.833 bits per heavy atom. The first-order chi connectivity index (χ1) is 5.21. The molecule has 0 saturated carbocycles. The maximum absolute atomic E-state index is 3.23. The molecule has 0 N–H and O–H groups in total. The van der Waals surface area contributed by atoms with E-state index in [-0.39, 0.29) is 0 Å². The largest absolute Gasteiger partial charge is 0.130 e. The van der Waals surface area contributed by atoms with E-state index < -0.39 is 16.1 Å². The van der Waals surface area contributed by atoms with Crippen LogP contribution in [0.15, 0.2) is 0 Å². The molecule has 2 heteroatoms. The van der Waals surface area contributed by atoms with Crippen molar-refractivity contribution < 1.29 is 0 Å². The van der Waals surface area contributed by atoms with Gasteiger partial charge < -0.3 is 0 Å². The lowest BCUT2D eigenvalue weighted by Crippen LogP contribution is -2.17. The van der Waals surface area contributed by atoms with Crippen LogP contribution in [0.2, 0.25) is 39.3 Å². The van der Waals surface area contributed by atoms with E-state index in [1.54, 1.807) is 0 Å². The molecule has 0 heterocycles. The van der Waals surface area contributed by atoms with Gasteiger partial charge in [0, 0.05) is 0 Å². The zero-order valence-corrected chi connectivity index (χ0v) is 11.0. The molecule has 0 aromatic carbocycles. The van der Waals surface area contributed by atoms with Gasteiger partial charge in [0.2, 0.25) is 0 Å². The molecule has 0 aliphatic heterocycles. The molecule has 0 fully saturated rings. The van der Waals surface area contributed by atoms with Crippen LogP contribution in [0.4, 0.5) is 0 Å². The lowest BCUT2D eigenvalue weighted by Gasteiger charge is -2.03. The fourth-order valence-corrected chi connectivity index (χ4v) is 1.31. The van der Waals surface area contributed by atoms with E-state index in [9.17, 15) is 0 Å². The summed E-state index contributed by atoms with van der Waals surface area (Å²) in [5.74, 6) is 5.93. The molecule has 0 aliphatic carbocycles. The third kappa shape index (κ3) is 9.55. The van der Waals surface area contributed by atoms with Crippen LogP contribution < -0.4 is 0 Å². The van der Waals surface area contributed by atoms with Crippen molar-refractivity contribution in [3.05, 3.63) is 0 Å². The van der Waals surface area contributed by atoms with Crippen LogP contribution in [0.25, 0.3) is 0 Å². The highest BCUT2D eigenvalue weighted by molar-refractivity contribution is 6.84. The van der Waals surface area contributed by atoms with E-state index in [0.29, 0.717) is 0 Å². The van der Waals surface area contributed by atoms with Crippen molar-refractivity contribution in [2.45, 2.75) is 39.3 Å². The second-order valence-corrected chi connectivity index (χ2v) is 14.5. The fourth-order valence-electron chi connectivity index (χ4n) is 0.438.